The van der Waals surface area contributed by atoms with E-state index in [0.29, 0.717) is 0 Å². The third-order valence-corrected chi connectivity index (χ3v) is 3.02. The van der Waals surface area contributed by atoms with Crippen LogP contribution in [0.2, 0.25) is 0 Å². The zero-order valence-corrected chi connectivity index (χ0v) is 7.50. The van der Waals surface area contributed by atoms with E-state index in [1.54, 1.807) is 0 Å². The van der Waals surface area contributed by atoms with E-state index >= 15 is 0 Å². The van der Waals surface area contributed by atoms with Crippen LogP contribution in [0.25, 0.3) is 0 Å². The smallest absolute Gasteiger partial charge is 0.0679 e. The quantitative estimate of drug-likeness (QED) is 0.572. The number of hydrogen-bond acceptors (Lipinski definition) is 3. The van der Waals surface area contributed by atoms with Crippen molar-refractivity contribution in [3.05, 3.63) is 0 Å². The van der Waals surface area contributed by atoms with Crippen LogP contribution in [0.5, 0.6) is 0 Å². The van der Waals surface area contributed by atoms with Crippen LogP contribution < -0.4 is 5.32 Å². The molecule has 2 fully saturated rings. The maximum atomic E-state index is 9.37. The molecule has 2 aliphatic heterocycles. The molecular formula is C9H18N2O. The van der Waals surface area contributed by atoms with Gasteiger partial charge in [0.05, 0.1) is 6.10 Å². The van der Waals surface area contributed by atoms with Crippen molar-refractivity contribution in [2.75, 3.05) is 26.2 Å². The minimum absolute atomic E-state index is 0.0557. The Balaban J connectivity index is 1.83. The summed E-state index contributed by atoms with van der Waals surface area (Å²) in [5, 5.41) is 12.7. The standard InChI is InChI=1S/C9H18N2O/c12-9-3-6-11(7-9)8-1-4-10-5-2-8/h8-10,12H,1-7H2/t9-/m1/s1. The van der Waals surface area contributed by atoms with E-state index < -0.39 is 0 Å². The number of likely N-dealkylation sites (tertiary alicyclic amines) is 1. The third kappa shape index (κ3) is 1.79. The highest BCUT2D eigenvalue weighted by molar-refractivity contribution is 4.83. The lowest BCUT2D eigenvalue weighted by molar-refractivity contribution is 0.145. The van der Waals surface area contributed by atoms with Gasteiger partial charge in [0.2, 0.25) is 0 Å². The Labute approximate surface area is 73.8 Å². The lowest BCUT2D eigenvalue weighted by Crippen LogP contribution is -2.42. The second-order valence-electron chi connectivity index (χ2n) is 3.92. The molecule has 2 aliphatic rings. The second-order valence-corrected chi connectivity index (χ2v) is 3.92. The minimum atomic E-state index is -0.0557. The molecule has 2 saturated heterocycles. The van der Waals surface area contributed by atoms with E-state index in [9.17, 15) is 5.11 Å². The molecule has 2 rings (SSSR count). The minimum Gasteiger partial charge on any atom is -0.392 e. The number of piperidine rings is 1. The van der Waals surface area contributed by atoms with Crippen molar-refractivity contribution >= 4 is 0 Å². The molecule has 0 spiro atoms. The summed E-state index contributed by atoms with van der Waals surface area (Å²) in [5.74, 6) is 0. The largest absolute Gasteiger partial charge is 0.392 e. The normalized spacial score (nSPS) is 34.2. The fraction of sp³-hybridized carbons (Fsp3) is 1.00. The Kier molecular flexibility index (Phi) is 2.63. The molecule has 0 amide bonds. The average Bonchev–Trinajstić information content (AvgIpc) is 2.54. The van der Waals surface area contributed by atoms with Gasteiger partial charge in [-0.25, -0.2) is 0 Å². The summed E-state index contributed by atoms with van der Waals surface area (Å²) in [6.07, 6.45) is 3.43. The average molecular weight is 170 g/mol. The maximum absolute atomic E-state index is 9.37. The number of aliphatic hydroxyl groups excluding tert-OH is 1. The molecule has 0 unspecified atom stereocenters. The van der Waals surface area contributed by atoms with Gasteiger partial charge in [-0.2, -0.15) is 0 Å². The van der Waals surface area contributed by atoms with Crippen LogP contribution in [0.15, 0.2) is 0 Å². The van der Waals surface area contributed by atoms with E-state index in [4.69, 9.17) is 0 Å². The summed E-state index contributed by atoms with van der Waals surface area (Å²) < 4.78 is 0. The highest BCUT2D eigenvalue weighted by Gasteiger charge is 2.27. The molecule has 0 saturated carbocycles. The molecule has 0 radical (unpaired) electrons. The van der Waals surface area contributed by atoms with E-state index in [0.717, 1.165) is 38.6 Å². The van der Waals surface area contributed by atoms with Crippen LogP contribution in [0.4, 0.5) is 0 Å². The zero-order valence-electron chi connectivity index (χ0n) is 7.50. The number of β-amino-alcohol motifs (C(OH)–C–C–N with tert-alkyl or cyclic N) is 1. The molecular weight excluding hydrogens is 152 g/mol. The van der Waals surface area contributed by atoms with Gasteiger partial charge in [0.25, 0.3) is 0 Å². The number of nitrogens with one attached hydrogen (secondary N) is 1. The summed E-state index contributed by atoms with van der Waals surface area (Å²) >= 11 is 0. The molecule has 0 bridgehead atoms. The Morgan fingerprint density at radius 2 is 1.92 bits per heavy atom. The van der Waals surface area contributed by atoms with Crippen molar-refractivity contribution in [2.45, 2.75) is 31.4 Å². The Morgan fingerprint density at radius 1 is 1.17 bits per heavy atom. The fourth-order valence-corrected chi connectivity index (χ4v) is 2.27. The highest BCUT2D eigenvalue weighted by atomic mass is 16.3. The van der Waals surface area contributed by atoms with Crippen LogP contribution >= 0.6 is 0 Å². The molecule has 0 aliphatic carbocycles. The lowest BCUT2D eigenvalue weighted by atomic mass is 10.1. The van der Waals surface area contributed by atoms with Gasteiger partial charge in [-0.1, -0.05) is 0 Å². The summed E-state index contributed by atoms with van der Waals surface area (Å²) in [6, 6.07) is 0.739. The first-order valence-electron chi connectivity index (χ1n) is 4.99. The molecule has 0 aromatic carbocycles. The van der Waals surface area contributed by atoms with Gasteiger partial charge in [0, 0.05) is 19.1 Å². The fourth-order valence-electron chi connectivity index (χ4n) is 2.27. The number of rotatable bonds is 1. The van der Waals surface area contributed by atoms with Crippen molar-refractivity contribution in [3.63, 3.8) is 0 Å². The van der Waals surface area contributed by atoms with E-state index in [1.807, 2.05) is 0 Å². The number of nitrogens with zero attached hydrogens (tertiary/aromatic N) is 1. The van der Waals surface area contributed by atoms with Gasteiger partial charge < -0.3 is 10.4 Å². The van der Waals surface area contributed by atoms with Crippen LogP contribution in [-0.4, -0.2) is 48.3 Å². The monoisotopic (exact) mass is 170 g/mol. The lowest BCUT2D eigenvalue weighted by Gasteiger charge is -2.31. The molecule has 0 aromatic rings. The molecule has 3 nitrogen and oxygen atoms in total. The van der Waals surface area contributed by atoms with Gasteiger partial charge in [0.15, 0.2) is 0 Å². The Morgan fingerprint density at radius 3 is 2.50 bits per heavy atom. The molecule has 3 heteroatoms. The predicted octanol–water partition coefficient (Wildman–Crippen LogP) is -0.195. The molecule has 1 atom stereocenters. The van der Waals surface area contributed by atoms with Crippen molar-refractivity contribution in [3.8, 4) is 0 Å². The summed E-state index contributed by atoms with van der Waals surface area (Å²) in [7, 11) is 0. The highest BCUT2D eigenvalue weighted by Crippen LogP contribution is 2.18. The van der Waals surface area contributed by atoms with Crippen molar-refractivity contribution in [1.82, 2.24) is 10.2 Å². The van der Waals surface area contributed by atoms with Crippen molar-refractivity contribution in [2.24, 2.45) is 0 Å². The second kappa shape index (κ2) is 3.73. The first-order chi connectivity index (χ1) is 5.86. The van der Waals surface area contributed by atoms with E-state index in [-0.39, 0.29) is 6.10 Å². The van der Waals surface area contributed by atoms with E-state index in [2.05, 4.69) is 10.2 Å². The Bertz CT molecular complexity index is 143. The summed E-state index contributed by atoms with van der Waals surface area (Å²) in [6.45, 7) is 4.31. The van der Waals surface area contributed by atoms with Gasteiger partial charge in [-0.05, 0) is 32.4 Å². The third-order valence-electron chi connectivity index (χ3n) is 3.02. The number of aliphatic hydroxyl groups is 1. The Hall–Kier alpha value is -0.120. The van der Waals surface area contributed by atoms with Crippen LogP contribution in [0, 0.1) is 0 Å². The molecule has 2 heterocycles. The van der Waals surface area contributed by atoms with Crippen molar-refractivity contribution < 1.29 is 5.11 Å². The number of hydrogen-bond donors (Lipinski definition) is 2. The van der Waals surface area contributed by atoms with Gasteiger partial charge in [-0.15, -0.1) is 0 Å². The van der Waals surface area contributed by atoms with E-state index in [1.165, 1.54) is 12.8 Å². The first kappa shape index (κ1) is 8.48. The topological polar surface area (TPSA) is 35.5 Å². The summed E-state index contributed by atoms with van der Waals surface area (Å²) in [4.78, 5) is 2.45. The van der Waals surface area contributed by atoms with Crippen LogP contribution in [-0.2, 0) is 0 Å². The first-order valence-corrected chi connectivity index (χ1v) is 4.99. The van der Waals surface area contributed by atoms with Gasteiger partial charge >= 0.3 is 0 Å². The van der Waals surface area contributed by atoms with Crippen LogP contribution in [0.3, 0.4) is 0 Å². The molecule has 2 N–H and O–H groups in total. The molecule has 12 heavy (non-hydrogen) atoms. The SMILES string of the molecule is O[C@@H]1CCN(C2CCNCC2)C1. The van der Waals surface area contributed by atoms with Gasteiger partial charge in [0.1, 0.15) is 0 Å². The van der Waals surface area contributed by atoms with Crippen molar-refractivity contribution in [1.29, 1.82) is 0 Å². The summed E-state index contributed by atoms with van der Waals surface area (Å²) in [5.41, 5.74) is 0. The zero-order chi connectivity index (χ0) is 8.39. The van der Waals surface area contributed by atoms with Gasteiger partial charge in [-0.3, -0.25) is 4.90 Å². The predicted molar refractivity (Wildman–Crippen MR) is 48.1 cm³/mol. The molecule has 70 valence electrons. The molecule has 0 aromatic heterocycles. The van der Waals surface area contributed by atoms with Crippen LogP contribution in [0.1, 0.15) is 19.3 Å². The maximum Gasteiger partial charge on any atom is 0.0679 e.